The molecule has 1 heterocycles. The Morgan fingerprint density at radius 1 is 1.22 bits per heavy atom. The molecule has 8 heteroatoms. The molecule has 0 aromatic heterocycles. The number of anilines is 2. The maximum Gasteiger partial charge on any atom is 0.255 e. The third kappa shape index (κ3) is 3.80. The predicted molar refractivity (Wildman–Crippen MR) is 102 cm³/mol. The number of sulfonamides is 1. The van der Waals surface area contributed by atoms with Crippen molar-refractivity contribution in [2.24, 2.45) is 5.92 Å². The van der Waals surface area contributed by atoms with Crippen LogP contribution < -0.4 is 14.4 Å². The lowest BCUT2D eigenvalue weighted by Gasteiger charge is -2.16. The zero-order chi connectivity index (χ0) is 19.6. The van der Waals surface area contributed by atoms with Crippen LogP contribution in [0, 0.1) is 5.92 Å². The number of benzene rings is 2. The summed E-state index contributed by atoms with van der Waals surface area (Å²) >= 11 is 0. The number of rotatable bonds is 5. The van der Waals surface area contributed by atoms with Crippen molar-refractivity contribution >= 4 is 33.2 Å². The third-order valence-corrected chi connectivity index (χ3v) is 6.01. The fourth-order valence-electron chi connectivity index (χ4n) is 2.91. The molecule has 0 aliphatic carbocycles. The number of hydrogen-bond donors (Lipinski definition) is 1. The summed E-state index contributed by atoms with van der Waals surface area (Å²) in [5, 5.41) is 2.75. The van der Waals surface area contributed by atoms with Crippen molar-refractivity contribution in [1.29, 1.82) is 0 Å². The quantitative estimate of drug-likeness (QED) is 0.850. The van der Waals surface area contributed by atoms with Gasteiger partial charge in [-0.1, -0.05) is 25.1 Å². The molecule has 1 fully saturated rings. The number of hydrogen-bond acceptors (Lipinski definition) is 5. The summed E-state index contributed by atoms with van der Waals surface area (Å²) < 4.78 is 30.8. The Kier molecular flexibility index (Phi) is 5.18. The van der Waals surface area contributed by atoms with Gasteiger partial charge in [0.05, 0.1) is 29.7 Å². The van der Waals surface area contributed by atoms with Crippen molar-refractivity contribution in [2.45, 2.75) is 13.8 Å². The van der Waals surface area contributed by atoms with Crippen LogP contribution in [0.5, 0.6) is 5.75 Å². The number of carbonyl (C=O) groups is 2. The Balaban J connectivity index is 1.88. The minimum Gasteiger partial charge on any atom is -0.492 e. The molecule has 0 radical (unpaired) electrons. The molecule has 0 saturated carbocycles. The highest BCUT2D eigenvalue weighted by molar-refractivity contribution is 7.94. The standard InChI is InChI=1S/C19H20N2O5S/c1-3-26-17-10-5-4-9-16(17)20-18(22)14-7-6-8-15(11-14)21-19(23)13(2)12-27(21,24)25/h4-11,13H,3,12H2,1-2H3,(H,20,22)/t13-/m1/s1. The lowest BCUT2D eigenvalue weighted by molar-refractivity contribution is -0.119. The molecule has 1 saturated heterocycles. The molecule has 1 N–H and O–H groups in total. The normalized spacial score (nSPS) is 18.4. The van der Waals surface area contributed by atoms with Crippen LogP contribution in [-0.2, 0) is 14.8 Å². The summed E-state index contributed by atoms with van der Waals surface area (Å²) in [5.41, 5.74) is 0.907. The number of amides is 2. The van der Waals surface area contributed by atoms with Crippen LogP contribution in [-0.4, -0.2) is 32.6 Å². The second-order valence-electron chi connectivity index (χ2n) is 6.22. The average Bonchev–Trinajstić information content (AvgIpc) is 2.84. The van der Waals surface area contributed by atoms with E-state index in [1.807, 2.05) is 6.92 Å². The number of para-hydroxylation sites is 2. The molecular formula is C19H20N2O5S. The van der Waals surface area contributed by atoms with E-state index >= 15 is 0 Å². The number of ether oxygens (including phenoxy) is 1. The van der Waals surface area contributed by atoms with E-state index < -0.39 is 27.8 Å². The smallest absolute Gasteiger partial charge is 0.255 e. The van der Waals surface area contributed by atoms with Gasteiger partial charge in [-0.15, -0.1) is 0 Å². The lowest BCUT2D eigenvalue weighted by Crippen LogP contribution is -2.30. The summed E-state index contributed by atoms with van der Waals surface area (Å²) in [6, 6.07) is 13.0. The molecule has 0 unspecified atom stereocenters. The first-order valence-corrected chi connectivity index (χ1v) is 10.1. The van der Waals surface area contributed by atoms with Gasteiger partial charge in [-0.3, -0.25) is 9.59 Å². The summed E-state index contributed by atoms with van der Waals surface area (Å²) in [5.74, 6) is -1.22. The minimum absolute atomic E-state index is 0.162. The first-order chi connectivity index (χ1) is 12.8. The number of nitrogens with one attached hydrogen (secondary N) is 1. The van der Waals surface area contributed by atoms with Gasteiger partial charge in [0.15, 0.2) is 0 Å². The molecule has 2 aromatic rings. The Morgan fingerprint density at radius 3 is 2.63 bits per heavy atom. The molecule has 0 bridgehead atoms. The second-order valence-corrected chi connectivity index (χ2v) is 8.08. The van der Waals surface area contributed by atoms with Gasteiger partial charge in [-0.25, -0.2) is 12.7 Å². The van der Waals surface area contributed by atoms with Gasteiger partial charge >= 0.3 is 0 Å². The summed E-state index contributed by atoms with van der Waals surface area (Å²) in [6.45, 7) is 3.87. The van der Waals surface area contributed by atoms with E-state index in [2.05, 4.69) is 5.32 Å². The topological polar surface area (TPSA) is 92.8 Å². The van der Waals surface area contributed by atoms with Crippen LogP contribution in [0.15, 0.2) is 48.5 Å². The molecular weight excluding hydrogens is 368 g/mol. The molecule has 142 valence electrons. The van der Waals surface area contributed by atoms with E-state index in [1.54, 1.807) is 43.3 Å². The molecule has 0 spiro atoms. The Morgan fingerprint density at radius 2 is 1.96 bits per heavy atom. The van der Waals surface area contributed by atoms with Crippen LogP contribution in [0.1, 0.15) is 24.2 Å². The fourth-order valence-corrected chi connectivity index (χ4v) is 4.72. The molecule has 27 heavy (non-hydrogen) atoms. The van der Waals surface area contributed by atoms with Gasteiger partial charge in [0.1, 0.15) is 5.75 Å². The van der Waals surface area contributed by atoms with Crippen LogP contribution in [0.2, 0.25) is 0 Å². The monoisotopic (exact) mass is 388 g/mol. The second kappa shape index (κ2) is 7.40. The van der Waals surface area contributed by atoms with E-state index in [-0.39, 0.29) is 17.0 Å². The van der Waals surface area contributed by atoms with E-state index in [4.69, 9.17) is 4.74 Å². The van der Waals surface area contributed by atoms with Crippen LogP contribution in [0.3, 0.4) is 0 Å². The summed E-state index contributed by atoms with van der Waals surface area (Å²) in [6.07, 6.45) is 0. The molecule has 2 amide bonds. The van der Waals surface area contributed by atoms with Crippen molar-refractivity contribution in [3.05, 3.63) is 54.1 Å². The highest BCUT2D eigenvalue weighted by atomic mass is 32.2. The predicted octanol–water partition coefficient (Wildman–Crippen LogP) is 2.65. The van der Waals surface area contributed by atoms with E-state index in [9.17, 15) is 18.0 Å². The molecule has 1 aliphatic heterocycles. The maximum absolute atomic E-state index is 12.6. The molecule has 2 aromatic carbocycles. The van der Waals surface area contributed by atoms with E-state index in [0.29, 0.717) is 18.0 Å². The van der Waals surface area contributed by atoms with E-state index in [0.717, 1.165) is 4.31 Å². The number of nitrogens with zero attached hydrogens (tertiary/aromatic N) is 1. The van der Waals surface area contributed by atoms with Crippen molar-refractivity contribution in [3.8, 4) is 5.75 Å². The van der Waals surface area contributed by atoms with Crippen molar-refractivity contribution < 1.29 is 22.7 Å². The third-order valence-electron chi connectivity index (χ3n) is 4.14. The highest BCUT2D eigenvalue weighted by Crippen LogP contribution is 2.29. The first-order valence-electron chi connectivity index (χ1n) is 8.53. The van der Waals surface area contributed by atoms with Crippen molar-refractivity contribution in [3.63, 3.8) is 0 Å². The van der Waals surface area contributed by atoms with Crippen LogP contribution >= 0.6 is 0 Å². The SMILES string of the molecule is CCOc1ccccc1NC(=O)c1cccc(N2C(=O)[C@H](C)CS2(=O)=O)c1. The Hall–Kier alpha value is -2.87. The molecule has 1 aliphatic rings. The van der Waals surface area contributed by atoms with Gasteiger partial charge < -0.3 is 10.1 Å². The Bertz CT molecular complexity index is 987. The zero-order valence-electron chi connectivity index (χ0n) is 15.0. The minimum atomic E-state index is -3.72. The molecule has 1 atom stereocenters. The largest absolute Gasteiger partial charge is 0.492 e. The number of carbonyl (C=O) groups excluding carboxylic acids is 2. The van der Waals surface area contributed by atoms with Crippen molar-refractivity contribution in [2.75, 3.05) is 22.0 Å². The van der Waals surface area contributed by atoms with E-state index in [1.165, 1.54) is 12.1 Å². The fraction of sp³-hybridized carbons (Fsp3) is 0.263. The van der Waals surface area contributed by atoms with Gasteiger partial charge in [0.2, 0.25) is 15.9 Å². The first kappa shape index (κ1) is 18.9. The highest BCUT2D eigenvalue weighted by Gasteiger charge is 2.42. The van der Waals surface area contributed by atoms with Gasteiger partial charge in [0, 0.05) is 5.56 Å². The molecule has 3 rings (SSSR count). The summed E-state index contributed by atoms with van der Waals surface area (Å²) in [4.78, 5) is 24.9. The van der Waals surface area contributed by atoms with Crippen LogP contribution in [0.25, 0.3) is 0 Å². The molecule has 7 nitrogen and oxygen atoms in total. The van der Waals surface area contributed by atoms with Gasteiger partial charge in [0.25, 0.3) is 5.91 Å². The average molecular weight is 388 g/mol. The van der Waals surface area contributed by atoms with Crippen LogP contribution in [0.4, 0.5) is 11.4 Å². The van der Waals surface area contributed by atoms with Crippen molar-refractivity contribution in [1.82, 2.24) is 0 Å². The Labute approximate surface area is 158 Å². The summed E-state index contributed by atoms with van der Waals surface area (Å²) in [7, 11) is -3.72. The van der Waals surface area contributed by atoms with Gasteiger partial charge in [-0.05, 0) is 37.3 Å². The zero-order valence-corrected chi connectivity index (χ0v) is 15.8. The maximum atomic E-state index is 12.6. The van der Waals surface area contributed by atoms with Gasteiger partial charge in [-0.2, -0.15) is 0 Å². The lowest BCUT2D eigenvalue weighted by atomic mass is 10.1.